The summed E-state index contributed by atoms with van der Waals surface area (Å²) in [6.07, 6.45) is 8.84. The fourth-order valence-corrected chi connectivity index (χ4v) is 4.87. The molecule has 10 nitrogen and oxygen atoms in total. The number of hydrogen-bond donors (Lipinski definition) is 5. The summed E-state index contributed by atoms with van der Waals surface area (Å²) in [4.78, 5) is 29.6. The highest BCUT2D eigenvalue weighted by Crippen LogP contribution is 2.18. The monoisotopic (exact) mass is 606 g/mol. The Kier molecular flexibility index (Phi) is 14.7. The standard InChI is InChI=1S/C34H50N6O4/c1-5-9-11-24(7-3)22-43-31(41)26-13-17-28(18-14-26)36-33-38-30(21-35)39-34(40-33)37-29-19-15-27(16-20-29)32(42)44-23-25(8-4)12-10-6-2/h13-21,24-25,33-37,40H,5-12,22-23H2,1-4H3,(H,38,39). The summed E-state index contributed by atoms with van der Waals surface area (Å²) in [7, 11) is 0. The molecular weight excluding hydrogens is 556 g/mol. The van der Waals surface area contributed by atoms with Crippen LogP contribution in [0.4, 0.5) is 11.4 Å². The molecule has 0 fully saturated rings. The van der Waals surface area contributed by atoms with Gasteiger partial charge in [0.05, 0.1) is 30.6 Å². The summed E-state index contributed by atoms with van der Waals surface area (Å²) in [5, 5.41) is 20.7. The van der Waals surface area contributed by atoms with Crippen molar-refractivity contribution in [3.63, 3.8) is 0 Å². The number of rotatable bonds is 19. The predicted octanol–water partition coefficient (Wildman–Crippen LogP) is 6.77. The van der Waals surface area contributed by atoms with Crippen LogP contribution in [0.5, 0.6) is 0 Å². The Hall–Kier alpha value is -3.92. The molecule has 1 heterocycles. The SMILES string of the molecule is CCCCC(CC)COC(=O)c1ccc(NC2N=C(C=N)NC(Nc3ccc(C(=O)OCC(CC)CCCC)cc3)N2)cc1. The van der Waals surface area contributed by atoms with Gasteiger partial charge in [0.2, 0.25) is 0 Å². The molecule has 0 saturated carbocycles. The Morgan fingerprint density at radius 2 is 1.30 bits per heavy atom. The van der Waals surface area contributed by atoms with Gasteiger partial charge in [0, 0.05) is 11.4 Å². The maximum absolute atomic E-state index is 12.6. The number of unbranched alkanes of at least 4 members (excludes halogenated alkanes) is 2. The third-order valence-electron chi connectivity index (χ3n) is 7.86. The van der Waals surface area contributed by atoms with Gasteiger partial charge in [0.15, 0.2) is 12.6 Å². The van der Waals surface area contributed by atoms with E-state index in [0.29, 0.717) is 42.0 Å². The van der Waals surface area contributed by atoms with E-state index in [-0.39, 0.29) is 11.9 Å². The minimum atomic E-state index is -0.541. The van der Waals surface area contributed by atoms with Gasteiger partial charge in [-0.1, -0.05) is 66.2 Å². The number of ether oxygens (including phenoxy) is 2. The normalized spacial score (nSPS) is 17.4. The van der Waals surface area contributed by atoms with Crippen molar-refractivity contribution in [1.29, 1.82) is 5.41 Å². The molecule has 3 rings (SSSR count). The van der Waals surface area contributed by atoms with Crippen LogP contribution in [0.25, 0.3) is 0 Å². The molecule has 1 aliphatic rings. The van der Waals surface area contributed by atoms with Crippen molar-refractivity contribution in [2.75, 3.05) is 23.8 Å². The molecule has 4 unspecified atom stereocenters. The van der Waals surface area contributed by atoms with E-state index in [2.05, 4.69) is 54.0 Å². The van der Waals surface area contributed by atoms with Crippen molar-refractivity contribution >= 4 is 35.4 Å². The quantitative estimate of drug-likeness (QED) is 0.0873. The lowest BCUT2D eigenvalue weighted by molar-refractivity contribution is 0.0419. The summed E-state index contributed by atoms with van der Waals surface area (Å²) in [5.74, 6) is 0.529. The Bertz CT molecular complexity index is 1200. The predicted molar refractivity (Wildman–Crippen MR) is 177 cm³/mol. The first-order valence-corrected chi connectivity index (χ1v) is 16.1. The molecule has 4 atom stereocenters. The number of esters is 2. The zero-order valence-electron chi connectivity index (χ0n) is 26.7. The van der Waals surface area contributed by atoms with Gasteiger partial charge in [-0.15, -0.1) is 0 Å². The molecule has 0 bridgehead atoms. The van der Waals surface area contributed by atoms with E-state index < -0.39 is 12.6 Å². The lowest BCUT2D eigenvalue weighted by Gasteiger charge is -2.32. The number of carbonyl (C=O) groups is 2. The van der Waals surface area contributed by atoms with Crippen molar-refractivity contribution in [2.24, 2.45) is 16.8 Å². The minimum Gasteiger partial charge on any atom is -0.462 e. The van der Waals surface area contributed by atoms with Crippen LogP contribution >= 0.6 is 0 Å². The number of nitrogens with zero attached hydrogens (tertiary/aromatic N) is 1. The van der Waals surface area contributed by atoms with Gasteiger partial charge in [-0.25, -0.2) is 19.9 Å². The second-order valence-corrected chi connectivity index (χ2v) is 11.3. The van der Waals surface area contributed by atoms with Crippen LogP contribution in [0.2, 0.25) is 0 Å². The molecule has 2 aromatic rings. The lowest BCUT2D eigenvalue weighted by Crippen LogP contribution is -2.60. The maximum atomic E-state index is 12.6. The van der Waals surface area contributed by atoms with Crippen LogP contribution in [0.15, 0.2) is 53.5 Å². The number of carbonyl (C=O) groups excluding carboxylic acids is 2. The number of hydrogen-bond acceptors (Lipinski definition) is 10. The molecule has 0 amide bonds. The molecule has 0 radical (unpaired) electrons. The van der Waals surface area contributed by atoms with E-state index >= 15 is 0 Å². The highest BCUT2D eigenvalue weighted by molar-refractivity contribution is 6.28. The summed E-state index contributed by atoms with van der Waals surface area (Å²) in [6.45, 7) is 9.47. The van der Waals surface area contributed by atoms with Gasteiger partial charge >= 0.3 is 11.9 Å². The van der Waals surface area contributed by atoms with Crippen molar-refractivity contribution < 1.29 is 19.1 Å². The zero-order chi connectivity index (χ0) is 31.7. The van der Waals surface area contributed by atoms with Crippen LogP contribution in [0.3, 0.4) is 0 Å². The first-order valence-electron chi connectivity index (χ1n) is 16.1. The first kappa shape index (κ1) is 34.6. The fourth-order valence-electron chi connectivity index (χ4n) is 4.87. The maximum Gasteiger partial charge on any atom is 0.338 e. The summed E-state index contributed by atoms with van der Waals surface area (Å²) < 4.78 is 11.1. The van der Waals surface area contributed by atoms with Gasteiger partial charge in [-0.05, 0) is 73.2 Å². The molecule has 0 spiro atoms. The lowest BCUT2D eigenvalue weighted by atomic mass is 10.0. The molecule has 0 saturated heterocycles. The third kappa shape index (κ3) is 11.3. The molecule has 0 aliphatic carbocycles. The Balaban J connectivity index is 1.52. The van der Waals surface area contributed by atoms with Gasteiger partial charge in [0.1, 0.15) is 5.84 Å². The van der Waals surface area contributed by atoms with Crippen molar-refractivity contribution in [3.8, 4) is 0 Å². The van der Waals surface area contributed by atoms with Gasteiger partial charge in [-0.3, -0.25) is 0 Å². The zero-order valence-corrected chi connectivity index (χ0v) is 26.7. The van der Waals surface area contributed by atoms with Crippen molar-refractivity contribution in [2.45, 2.75) is 91.6 Å². The topological polar surface area (TPSA) is 137 Å². The number of anilines is 2. The van der Waals surface area contributed by atoms with Crippen LogP contribution in [-0.2, 0) is 9.47 Å². The van der Waals surface area contributed by atoms with E-state index in [1.165, 1.54) is 0 Å². The van der Waals surface area contributed by atoms with E-state index in [1.807, 2.05) is 12.1 Å². The number of nitrogens with one attached hydrogen (secondary N) is 5. The second kappa shape index (κ2) is 18.7. The summed E-state index contributed by atoms with van der Waals surface area (Å²) >= 11 is 0. The average molecular weight is 607 g/mol. The molecule has 2 aromatic carbocycles. The Morgan fingerprint density at radius 1 is 0.818 bits per heavy atom. The third-order valence-corrected chi connectivity index (χ3v) is 7.86. The Labute approximate surface area is 262 Å². The van der Waals surface area contributed by atoms with E-state index in [0.717, 1.165) is 69.0 Å². The number of amidine groups is 1. The van der Waals surface area contributed by atoms with Crippen LogP contribution in [0.1, 0.15) is 99.8 Å². The van der Waals surface area contributed by atoms with E-state index in [4.69, 9.17) is 14.9 Å². The smallest absolute Gasteiger partial charge is 0.338 e. The number of benzene rings is 2. The molecule has 5 N–H and O–H groups in total. The molecular formula is C34H50N6O4. The minimum absolute atomic E-state index is 0.320. The Morgan fingerprint density at radius 3 is 1.73 bits per heavy atom. The van der Waals surface area contributed by atoms with Gasteiger partial charge in [0.25, 0.3) is 0 Å². The first-order chi connectivity index (χ1) is 21.4. The van der Waals surface area contributed by atoms with E-state index in [9.17, 15) is 9.59 Å². The van der Waals surface area contributed by atoms with Gasteiger partial charge < -0.3 is 30.8 Å². The molecule has 240 valence electrons. The van der Waals surface area contributed by atoms with E-state index in [1.54, 1.807) is 36.4 Å². The average Bonchev–Trinajstić information content (AvgIpc) is 3.05. The van der Waals surface area contributed by atoms with Crippen LogP contribution < -0.4 is 21.3 Å². The van der Waals surface area contributed by atoms with Gasteiger partial charge in [-0.2, -0.15) is 0 Å². The highest BCUT2D eigenvalue weighted by atomic mass is 16.5. The fraction of sp³-hybridized carbons (Fsp3) is 0.529. The molecule has 1 aliphatic heterocycles. The molecule has 44 heavy (non-hydrogen) atoms. The van der Waals surface area contributed by atoms with Crippen molar-refractivity contribution in [1.82, 2.24) is 10.6 Å². The largest absolute Gasteiger partial charge is 0.462 e. The highest BCUT2D eigenvalue weighted by Gasteiger charge is 2.22. The summed E-state index contributed by atoms with van der Waals surface area (Å²) in [5.41, 5.74) is 2.52. The van der Waals surface area contributed by atoms with Crippen LogP contribution in [0, 0.1) is 17.2 Å². The summed E-state index contributed by atoms with van der Waals surface area (Å²) in [6, 6.07) is 14.2. The van der Waals surface area contributed by atoms with Crippen LogP contribution in [-0.4, -0.2) is 49.8 Å². The van der Waals surface area contributed by atoms with Crippen molar-refractivity contribution in [3.05, 3.63) is 59.7 Å². The number of aliphatic imine (C=N–C) groups is 1. The second-order valence-electron chi connectivity index (χ2n) is 11.3. The molecule has 10 heteroatoms. The molecule has 0 aromatic heterocycles.